The van der Waals surface area contributed by atoms with Crippen molar-refractivity contribution in [3.8, 4) is 0 Å². The SMILES string of the molecule is CC.Cc1cc(F)cc(Cl)c1F. The Labute approximate surface area is 76.2 Å². The van der Waals surface area contributed by atoms with Gasteiger partial charge in [0.15, 0.2) is 0 Å². The predicted molar refractivity (Wildman–Crippen MR) is 47.5 cm³/mol. The summed E-state index contributed by atoms with van der Waals surface area (Å²) in [6.07, 6.45) is 0. The van der Waals surface area contributed by atoms with Crippen LogP contribution in [0.1, 0.15) is 19.4 Å². The van der Waals surface area contributed by atoms with Gasteiger partial charge in [0, 0.05) is 0 Å². The smallest absolute Gasteiger partial charge is 0.144 e. The van der Waals surface area contributed by atoms with Crippen molar-refractivity contribution in [2.75, 3.05) is 0 Å². The molecule has 0 aromatic heterocycles. The van der Waals surface area contributed by atoms with E-state index in [-0.39, 0.29) is 10.6 Å². The molecular weight excluding hydrogens is 182 g/mol. The van der Waals surface area contributed by atoms with Gasteiger partial charge in [-0.2, -0.15) is 0 Å². The Balaban J connectivity index is 0.000000561. The molecule has 68 valence electrons. The van der Waals surface area contributed by atoms with Gasteiger partial charge in [0.25, 0.3) is 0 Å². The van der Waals surface area contributed by atoms with Crippen LogP contribution in [0.4, 0.5) is 8.78 Å². The molecule has 0 spiro atoms. The Morgan fingerprint density at radius 1 is 1.17 bits per heavy atom. The lowest BCUT2D eigenvalue weighted by Crippen LogP contribution is -1.85. The summed E-state index contributed by atoms with van der Waals surface area (Å²) in [5.74, 6) is -1.06. The number of rotatable bonds is 0. The number of hydrogen-bond acceptors (Lipinski definition) is 0. The second kappa shape index (κ2) is 5.09. The molecule has 0 aliphatic rings. The van der Waals surface area contributed by atoms with Crippen LogP contribution < -0.4 is 0 Å². The molecule has 0 N–H and O–H groups in total. The number of hydrogen-bond donors (Lipinski definition) is 0. The summed E-state index contributed by atoms with van der Waals surface area (Å²) >= 11 is 5.30. The molecule has 0 fully saturated rings. The molecule has 0 amide bonds. The van der Waals surface area contributed by atoms with E-state index in [9.17, 15) is 8.78 Å². The fraction of sp³-hybridized carbons (Fsp3) is 0.333. The lowest BCUT2D eigenvalue weighted by Gasteiger charge is -1.97. The first-order valence-electron chi connectivity index (χ1n) is 3.72. The molecule has 12 heavy (non-hydrogen) atoms. The molecular formula is C9H11ClF2. The van der Waals surface area contributed by atoms with Gasteiger partial charge in [-0.05, 0) is 24.6 Å². The Bertz CT molecular complexity index is 236. The van der Waals surface area contributed by atoms with Crippen LogP contribution in [0, 0.1) is 18.6 Å². The second-order valence-electron chi connectivity index (χ2n) is 2.02. The maximum absolute atomic E-state index is 12.6. The van der Waals surface area contributed by atoms with Crippen molar-refractivity contribution in [2.45, 2.75) is 20.8 Å². The van der Waals surface area contributed by atoms with Gasteiger partial charge in [-0.1, -0.05) is 25.4 Å². The average molecular weight is 193 g/mol. The summed E-state index contributed by atoms with van der Waals surface area (Å²) in [5.41, 5.74) is 0.227. The van der Waals surface area contributed by atoms with E-state index in [1.54, 1.807) is 0 Å². The first-order chi connectivity index (χ1) is 5.61. The summed E-state index contributed by atoms with van der Waals surface area (Å²) in [6, 6.07) is 2.05. The highest BCUT2D eigenvalue weighted by Gasteiger charge is 2.04. The highest BCUT2D eigenvalue weighted by Crippen LogP contribution is 2.18. The number of aryl methyl sites for hydroxylation is 1. The zero-order chi connectivity index (χ0) is 9.72. The Kier molecular flexibility index (Phi) is 4.83. The highest BCUT2D eigenvalue weighted by molar-refractivity contribution is 6.30. The van der Waals surface area contributed by atoms with Crippen LogP contribution >= 0.6 is 11.6 Å². The third-order valence-electron chi connectivity index (χ3n) is 1.17. The van der Waals surface area contributed by atoms with E-state index in [2.05, 4.69) is 0 Å². The minimum absolute atomic E-state index is 0.169. The van der Waals surface area contributed by atoms with Crippen molar-refractivity contribution in [3.05, 3.63) is 34.4 Å². The normalized spacial score (nSPS) is 8.83. The van der Waals surface area contributed by atoms with Gasteiger partial charge in [0.05, 0.1) is 5.02 Å². The first-order valence-corrected chi connectivity index (χ1v) is 4.10. The van der Waals surface area contributed by atoms with Gasteiger partial charge in [-0.3, -0.25) is 0 Å². The van der Waals surface area contributed by atoms with Crippen LogP contribution in [0.25, 0.3) is 0 Å². The number of benzene rings is 1. The van der Waals surface area contributed by atoms with Crippen LogP contribution in [-0.2, 0) is 0 Å². The highest BCUT2D eigenvalue weighted by atomic mass is 35.5. The second-order valence-corrected chi connectivity index (χ2v) is 2.43. The zero-order valence-corrected chi connectivity index (χ0v) is 8.04. The van der Waals surface area contributed by atoms with E-state index >= 15 is 0 Å². The summed E-state index contributed by atoms with van der Waals surface area (Å²) in [5, 5.41) is -0.169. The maximum Gasteiger partial charge on any atom is 0.144 e. The monoisotopic (exact) mass is 192 g/mol. The van der Waals surface area contributed by atoms with Crippen LogP contribution in [0.3, 0.4) is 0 Å². The van der Waals surface area contributed by atoms with Crippen LogP contribution in [0.5, 0.6) is 0 Å². The molecule has 0 atom stereocenters. The Morgan fingerprint density at radius 3 is 2.08 bits per heavy atom. The zero-order valence-electron chi connectivity index (χ0n) is 7.29. The summed E-state index contributed by atoms with van der Waals surface area (Å²) in [7, 11) is 0. The van der Waals surface area contributed by atoms with E-state index in [1.165, 1.54) is 6.92 Å². The fourth-order valence-electron chi connectivity index (χ4n) is 0.685. The van der Waals surface area contributed by atoms with Crippen LogP contribution in [0.2, 0.25) is 5.02 Å². The molecule has 0 heterocycles. The van der Waals surface area contributed by atoms with Gasteiger partial charge >= 0.3 is 0 Å². The Hall–Kier alpha value is -0.630. The van der Waals surface area contributed by atoms with E-state index in [0.717, 1.165) is 12.1 Å². The Morgan fingerprint density at radius 2 is 1.67 bits per heavy atom. The van der Waals surface area contributed by atoms with Crippen molar-refractivity contribution in [1.29, 1.82) is 0 Å². The summed E-state index contributed by atoms with van der Waals surface area (Å²) < 4.78 is 25.0. The summed E-state index contributed by atoms with van der Waals surface area (Å²) in [4.78, 5) is 0. The average Bonchev–Trinajstić information content (AvgIpc) is 2.04. The van der Waals surface area contributed by atoms with Crippen molar-refractivity contribution in [2.24, 2.45) is 0 Å². The molecule has 0 aliphatic heterocycles. The fourth-order valence-corrected chi connectivity index (χ4v) is 0.938. The molecule has 0 saturated heterocycles. The molecule has 0 nitrogen and oxygen atoms in total. The molecule has 0 unspecified atom stereocenters. The summed E-state index contributed by atoms with van der Waals surface area (Å²) in [6.45, 7) is 5.46. The van der Waals surface area contributed by atoms with Gasteiger partial charge in [-0.15, -0.1) is 0 Å². The topological polar surface area (TPSA) is 0 Å². The lowest BCUT2D eigenvalue weighted by atomic mass is 10.2. The molecule has 0 saturated carbocycles. The minimum atomic E-state index is -0.553. The predicted octanol–water partition coefficient (Wildman–Crippen LogP) is 3.95. The largest absolute Gasteiger partial charge is 0.207 e. The molecule has 1 aromatic rings. The van der Waals surface area contributed by atoms with Crippen LogP contribution in [-0.4, -0.2) is 0 Å². The maximum atomic E-state index is 12.6. The third kappa shape index (κ3) is 2.78. The molecule has 1 rings (SSSR count). The van der Waals surface area contributed by atoms with Gasteiger partial charge in [0.2, 0.25) is 0 Å². The standard InChI is InChI=1S/C7H5ClF2.C2H6/c1-4-2-5(9)3-6(8)7(4)10;1-2/h2-3H,1H3;1-2H3. The molecule has 1 aromatic carbocycles. The van der Waals surface area contributed by atoms with E-state index in [4.69, 9.17) is 11.6 Å². The molecule has 0 radical (unpaired) electrons. The van der Waals surface area contributed by atoms with E-state index in [1.807, 2.05) is 13.8 Å². The van der Waals surface area contributed by atoms with Gasteiger partial charge < -0.3 is 0 Å². The number of halogens is 3. The molecule has 0 bridgehead atoms. The van der Waals surface area contributed by atoms with Gasteiger partial charge in [-0.25, -0.2) is 8.78 Å². The van der Waals surface area contributed by atoms with Crippen molar-refractivity contribution >= 4 is 11.6 Å². The van der Waals surface area contributed by atoms with Crippen molar-refractivity contribution in [3.63, 3.8) is 0 Å². The van der Waals surface area contributed by atoms with Gasteiger partial charge in [0.1, 0.15) is 11.6 Å². The first kappa shape index (κ1) is 11.4. The van der Waals surface area contributed by atoms with Crippen LogP contribution in [0.15, 0.2) is 12.1 Å². The quantitative estimate of drug-likeness (QED) is 0.546. The minimum Gasteiger partial charge on any atom is -0.207 e. The molecule has 3 heteroatoms. The van der Waals surface area contributed by atoms with E-state index in [0.29, 0.717) is 0 Å². The third-order valence-corrected chi connectivity index (χ3v) is 1.45. The van der Waals surface area contributed by atoms with E-state index < -0.39 is 11.6 Å². The van der Waals surface area contributed by atoms with Crippen molar-refractivity contribution < 1.29 is 8.78 Å². The molecule has 0 aliphatic carbocycles. The lowest BCUT2D eigenvalue weighted by molar-refractivity contribution is 0.593. The van der Waals surface area contributed by atoms with Crippen molar-refractivity contribution in [1.82, 2.24) is 0 Å².